The zero-order chi connectivity index (χ0) is 17.3. The SMILES string of the molecule is O=S1(=O)CCC(CN=C(NCC2CCCO2)NC2CC3CCC2C3)C1. The van der Waals surface area contributed by atoms with Crippen molar-refractivity contribution < 1.29 is 13.2 Å². The van der Waals surface area contributed by atoms with Crippen molar-refractivity contribution in [2.24, 2.45) is 22.7 Å². The van der Waals surface area contributed by atoms with Crippen LogP contribution in [0.2, 0.25) is 0 Å². The molecular weight excluding hydrogens is 338 g/mol. The normalized spacial score (nSPS) is 39.8. The molecule has 7 heteroatoms. The average Bonchev–Trinajstić information content (AvgIpc) is 3.35. The minimum atomic E-state index is -2.83. The fourth-order valence-electron chi connectivity index (χ4n) is 5.00. The van der Waals surface area contributed by atoms with E-state index in [0.29, 0.717) is 24.1 Å². The number of nitrogens with one attached hydrogen (secondary N) is 2. The predicted molar refractivity (Wildman–Crippen MR) is 98.4 cm³/mol. The Morgan fingerprint density at radius 3 is 2.72 bits per heavy atom. The molecule has 5 unspecified atom stereocenters. The number of aliphatic imine (C=N–C) groups is 1. The first-order valence-electron chi connectivity index (χ1n) is 9.94. The highest BCUT2D eigenvalue weighted by molar-refractivity contribution is 7.91. The number of ether oxygens (including phenoxy) is 1. The lowest BCUT2D eigenvalue weighted by atomic mass is 9.95. The first-order valence-corrected chi connectivity index (χ1v) is 11.8. The second-order valence-corrected chi connectivity index (χ2v) is 10.6. The minimum absolute atomic E-state index is 0.173. The molecule has 2 saturated carbocycles. The smallest absolute Gasteiger partial charge is 0.191 e. The Kier molecular flexibility index (Phi) is 5.23. The van der Waals surface area contributed by atoms with E-state index in [0.717, 1.165) is 50.2 Å². The molecule has 4 rings (SSSR count). The second-order valence-electron chi connectivity index (χ2n) is 8.40. The maximum Gasteiger partial charge on any atom is 0.191 e. The van der Waals surface area contributed by atoms with Crippen LogP contribution >= 0.6 is 0 Å². The standard InChI is InChI=1S/C18H31N3O3S/c22-25(23)7-5-14(12-25)10-19-18(20-11-16-2-1-6-24-16)21-17-9-13-3-4-15(17)8-13/h13-17H,1-12H2,(H2,19,20,21). The number of nitrogens with zero attached hydrogens (tertiary/aromatic N) is 1. The van der Waals surface area contributed by atoms with E-state index in [-0.39, 0.29) is 12.0 Å². The predicted octanol–water partition coefficient (Wildman–Crippen LogP) is 1.32. The summed E-state index contributed by atoms with van der Waals surface area (Å²) in [6.45, 7) is 2.25. The molecule has 0 aromatic heterocycles. The lowest BCUT2D eigenvalue weighted by Crippen LogP contribution is -2.47. The fraction of sp³-hybridized carbons (Fsp3) is 0.944. The fourth-order valence-corrected chi connectivity index (χ4v) is 6.85. The van der Waals surface area contributed by atoms with Crippen LogP contribution in [-0.4, -0.2) is 57.7 Å². The average molecular weight is 370 g/mol. The molecular formula is C18H31N3O3S. The molecule has 2 N–H and O–H groups in total. The topological polar surface area (TPSA) is 79.8 Å². The minimum Gasteiger partial charge on any atom is -0.376 e. The molecule has 2 aliphatic carbocycles. The van der Waals surface area contributed by atoms with Crippen LogP contribution < -0.4 is 10.6 Å². The third kappa shape index (κ3) is 4.48. The molecule has 142 valence electrons. The number of sulfone groups is 1. The Labute approximate surface area is 151 Å². The van der Waals surface area contributed by atoms with Gasteiger partial charge in [0.2, 0.25) is 0 Å². The van der Waals surface area contributed by atoms with Crippen LogP contribution in [0.4, 0.5) is 0 Å². The highest BCUT2D eigenvalue weighted by Gasteiger charge is 2.40. The van der Waals surface area contributed by atoms with Crippen LogP contribution in [0.15, 0.2) is 4.99 Å². The van der Waals surface area contributed by atoms with Gasteiger partial charge in [0, 0.05) is 25.7 Å². The summed E-state index contributed by atoms with van der Waals surface area (Å²) in [5, 5.41) is 7.11. The largest absolute Gasteiger partial charge is 0.376 e. The van der Waals surface area contributed by atoms with Crippen molar-refractivity contribution in [1.29, 1.82) is 0 Å². The van der Waals surface area contributed by atoms with Crippen LogP contribution in [-0.2, 0) is 14.6 Å². The quantitative estimate of drug-likeness (QED) is 0.564. The number of rotatable bonds is 5. The van der Waals surface area contributed by atoms with Crippen LogP contribution in [0.25, 0.3) is 0 Å². The van der Waals surface area contributed by atoms with Gasteiger partial charge in [-0.05, 0) is 56.3 Å². The highest BCUT2D eigenvalue weighted by atomic mass is 32.2. The van der Waals surface area contributed by atoms with E-state index >= 15 is 0 Å². The second kappa shape index (κ2) is 7.43. The molecule has 2 aliphatic heterocycles. The molecule has 2 heterocycles. The molecule has 0 aromatic rings. The molecule has 4 fully saturated rings. The molecule has 0 radical (unpaired) electrons. The summed E-state index contributed by atoms with van der Waals surface area (Å²) in [4.78, 5) is 4.75. The molecule has 0 amide bonds. The van der Waals surface area contributed by atoms with Gasteiger partial charge in [-0.25, -0.2) is 8.42 Å². The van der Waals surface area contributed by atoms with Crippen molar-refractivity contribution in [3.63, 3.8) is 0 Å². The molecule has 2 saturated heterocycles. The molecule has 25 heavy (non-hydrogen) atoms. The maximum atomic E-state index is 11.7. The van der Waals surface area contributed by atoms with Gasteiger partial charge in [0.05, 0.1) is 17.6 Å². The lowest BCUT2D eigenvalue weighted by Gasteiger charge is -2.26. The summed E-state index contributed by atoms with van der Waals surface area (Å²) in [7, 11) is -2.83. The first kappa shape index (κ1) is 17.6. The number of guanidine groups is 1. The van der Waals surface area contributed by atoms with E-state index < -0.39 is 9.84 Å². The van der Waals surface area contributed by atoms with Gasteiger partial charge < -0.3 is 15.4 Å². The summed E-state index contributed by atoms with van der Waals surface area (Å²) in [5.74, 6) is 3.33. The molecule has 0 aromatic carbocycles. The zero-order valence-electron chi connectivity index (χ0n) is 15.0. The van der Waals surface area contributed by atoms with Crippen LogP contribution in [0.5, 0.6) is 0 Å². The van der Waals surface area contributed by atoms with E-state index in [9.17, 15) is 8.42 Å². The third-order valence-corrected chi connectivity index (χ3v) is 8.25. The summed E-state index contributed by atoms with van der Waals surface area (Å²) in [6.07, 6.45) is 8.60. The lowest BCUT2D eigenvalue weighted by molar-refractivity contribution is 0.113. The van der Waals surface area contributed by atoms with E-state index in [4.69, 9.17) is 9.73 Å². The van der Waals surface area contributed by atoms with Crippen LogP contribution in [0.3, 0.4) is 0 Å². The third-order valence-electron chi connectivity index (χ3n) is 6.42. The summed E-state index contributed by atoms with van der Waals surface area (Å²) in [5.41, 5.74) is 0. The van der Waals surface area contributed by atoms with E-state index in [1.807, 2.05) is 0 Å². The number of hydrogen-bond acceptors (Lipinski definition) is 4. The van der Waals surface area contributed by atoms with Crippen molar-refractivity contribution in [1.82, 2.24) is 10.6 Å². The Balaban J connectivity index is 1.35. The maximum absolute atomic E-state index is 11.7. The van der Waals surface area contributed by atoms with Gasteiger partial charge >= 0.3 is 0 Å². The molecule has 0 spiro atoms. The van der Waals surface area contributed by atoms with Gasteiger partial charge in [0.1, 0.15) is 0 Å². The summed E-state index contributed by atoms with van der Waals surface area (Å²) < 4.78 is 29.0. The van der Waals surface area contributed by atoms with Crippen molar-refractivity contribution in [3.8, 4) is 0 Å². The Bertz CT molecular complexity index is 601. The van der Waals surface area contributed by atoms with Gasteiger partial charge in [0.25, 0.3) is 0 Å². The van der Waals surface area contributed by atoms with Gasteiger partial charge in [-0.1, -0.05) is 6.42 Å². The Morgan fingerprint density at radius 1 is 1.16 bits per heavy atom. The van der Waals surface area contributed by atoms with Crippen LogP contribution in [0, 0.1) is 17.8 Å². The van der Waals surface area contributed by atoms with Crippen molar-refractivity contribution >= 4 is 15.8 Å². The Hall–Kier alpha value is -0.820. The van der Waals surface area contributed by atoms with Crippen molar-refractivity contribution in [2.45, 2.75) is 57.1 Å². The molecule has 2 bridgehead atoms. The van der Waals surface area contributed by atoms with Gasteiger partial charge in [-0.15, -0.1) is 0 Å². The van der Waals surface area contributed by atoms with Crippen molar-refractivity contribution in [2.75, 3.05) is 31.2 Å². The zero-order valence-corrected chi connectivity index (χ0v) is 15.8. The first-order chi connectivity index (χ1) is 12.1. The van der Waals surface area contributed by atoms with E-state index in [1.165, 1.54) is 25.7 Å². The van der Waals surface area contributed by atoms with Crippen molar-refractivity contribution in [3.05, 3.63) is 0 Å². The summed E-state index contributed by atoms with van der Waals surface area (Å²) in [6, 6.07) is 0.529. The van der Waals surface area contributed by atoms with E-state index in [1.54, 1.807) is 0 Å². The van der Waals surface area contributed by atoms with Gasteiger partial charge in [0.15, 0.2) is 15.8 Å². The number of hydrogen-bond donors (Lipinski definition) is 2. The number of fused-ring (bicyclic) bond motifs is 2. The molecule has 6 nitrogen and oxygen atoms in total. The van der Waals surface area contributed by atoms with Gasteiger partial charge in [-0.2, -0.15) is 0 Å². The van der Waals surface area contributed by atoms with Gasteiger partial charge in [-0.3, -0.25) is 4.99 Å². The monoisotopic (exact) mass is 369 g/mol. The summed E-state index contributed by atoms with van der Waals surface area (Å²) >= 11 is 0. The molecule has 5 atom stereocenters. The molecule has 4 aliphatic rings. The van der Waals surface area contributed by atoms with Crippen LogP contribution in [0.1, 0.15) is 44.9 Å². The van der Waals surface area contributed by atoms with E-state index in [2.05, 4.69) is 10.6 Å². The Morgan fingerprint density at radius 2 is 2.08 bits per heavy atom. The highest BCUT2D eigenvalue weighted by Crippen LogP contribution is 2.44.